The largest absolute Gasteiger partial charge is 0.574 e. The van der Waals surface area contributed by atoms with Crippen molar-refractivity contribution in [2.45, 2.75) is 100 Å². The third kappa shape index (κ3) is 10.2. The van der Waals surface area contributed by atoms with Crippen LogP contribution >= 0.6 is 0 Å². The second kappa shape index (κ2) is 16.1. The maximum Gasteiger partial charge on any atom is 0.574 e. The van der Waals surface area contributed by atoms with Gasteiger partial charge in [-0.05, 0) is 90.1 Å². The van der Waals surface area contributed by atoms with E-state index in [2.05, 4.69) is 25.1 Å². The molecule has 1 saturated heterocycles. The molecule has 6 rings (SSSR count). The highest BCUT2D eigenvalue weighted by Crippen LogP contribution is 2.46. The van der Waals surface area contributed by atoms with Gasteiger partial charge in [-0.2, -0.15) is 4.98 Å². The summed E-state index contributed by atoms with van der Waals surface area (Å²) in [5.74, 6) is -3.97. The van der Waals surface area contributed by atoms with E-state index in [4.69, 9.17) is 9.47 Å². The Balaban J connectivity index is 1.36. The lowest BCUT2D eigenvalue weighted by atomic mass is 10.1. The number of nitrogens with zero attached hydrogens (tertiary/aromatic N) is 4. The number of nitrogens with one attached hydrogen (secondary N) is 3. The molecule has 4 amide bonds. The summed E-state index contributed by atoms with van der Waals surface area (Å²) in [5, 5.41) is 5.34. The summed E-state index contributed by atoms with van der Waals surface area (Å²) in [6, 6.07) is 3.50. The number of fused-ring (bicyclic) bond motifs is 3. The van der Waals surface area contributed by atoms with E-state index >= 15 is 0 Å². The summed E-state index contributed by atoms with van der Waals surface area (Å²) in [4.78, 5) is 64.7. The van der Waals surface area contributed by atoms with Gasteiger partial charge in [0.2, 0.25) is 33.6 Å². The lowest BCUT2D eigenvalue weighted by Crippen LogP contribution is -2.59. The molecular formula is C38H50F3N7O9S. The van der Waals surface area contributed by atoms with Crippen molar-refractivity contribution in [1.29, 1.82) is 0 Å². The summed E-state index contributed by atoms with van der Waals surface area (Å²) >= 11 is 0. The maximum atomic E-state index is 14.6. The second-order valence-electron chi connectivity index (χ2n) is 16.6. The normalized spacial score (nSPS) is 26.1. The molecule has 3 heterocycles. The summed E-state index contributed by atoms with van der Waals surface area (Å²) < 4.78 is 84.1. The Morgan fingerprint density at radius 2 is 1.81 bits per heavy atom. The van der Waals surface area contributed by atoms with E-state index in [1.54, 1.807) is 71.1 Å². The Hall–Kier alpha value is -4.85. The molecule has 2 aliphatic carbocycles. The number of rotatable bonds is 8. The standard InChI is InChI=1S/C38H50F3N7O9S/c1-36(2,3)57-35(52)42-28-21-47(6)15-9-7-8-10-23-19-37(23,34(51)45-58(53,54)26-12-13-26)44-31(49)29-18-25(20-48(29)33(28)50)55-32-27-14-11-24(46(4)5)16-22(27)17-30(43-32)56-38(39,40)41/h8,10-11,14,16-17,23,25-26,28-29H,7,9,12-13,15,18-21H2,1-6H3,(H,42,52)(H,44,49)(H,45,51)/t23?,25?,28-,29-,37+/m0/s1. The number of likely N-dealkylation sites (N-methyl/N-ethyl adjacent to an activating group) is 1. The lowest BCUT2D eigenvalue weighted by molar-refractivity contribution is -0.276. The molecule has 2 saturated carbocycles. The number of carbonyl (C=O) groups is 4. The average Bonchev–Trinajstić information content (AvgIpc) is 4.02. The van der Waals surface area contributed by atoms with Crippen molar-refractivity contribution in [3.8, 4) is 11.8 Å². The number of hydrogen-bond acceptors (Lipinski definition) is 12. The first kappa shape index (κ1) is 42.7. The average molecular weight is 838 g/mol. The Morgan fingerprint density at radius 3 is 2.47 bits per heavy atom. The monoisotopic (exact) mass is 837 g/mol. The van der Waals surface area contributed by atoms with Crippen LogP contribution in [0, 0.1) is 5.92 Å². The molecular weight excluding hydrogens is 788 g/mol. The summed E-state index contributed by atoms with van der Waals surface area (Å²) in [6.45, 7) is 5.21. The van der Waals surface area contributed by atoms with Gasteiger partial charge in [0.1, 0.15) is 29.3 Å². The second-order valence-corrected chi connectivity index (χ2v) is 18.5. The highest BCUT2D eigenvalue weighted by Gasteiger charge is 2.62. The first-order valence-electron chi connectivity index (χ1n) is 19.1. The van der Waals surface area contributed by atoms with Crippen molar-refractivity contribution >= 4 is 50.3 Å². The van der Waals surface area contributed by atoms with E-state index in [0.29, 0.717) is 48.7 Å². The summed E-state index contributed by atoms with van der Waals surface area (Å²) in [7, 11) is 1.30. The van der Waals surface area contributed by atoms with Gasteiger partial charge >= 0.3 is 12.5 Å². The Labute approximate surface area is 334 Å². The number of anilines is 1. The Bertz CT molecular complexity index is 2070. The molecule has 0 radical (unpaired) electrons. The molecule has 3 fully saturated rings. The van der Waals surface area contributed by atoms with Crippen molar-refractivity contribution in [2.75, 3.05) is 45.7 Å². The number of carbonyl (C=O) groups excluding carboxylic acids is 4. The van der Waals surface area contributed by atoms with Crippen LogP contribution < -0.4 is 29.7 Å². The number of alkyl halides is 3. The van der Waals surface area contributed by atoms with E-state index in [-0.39, 0.29) is 31.8 Å². The number of ether oxygens (including phenoxy) is 3. The molecule has 2 aromatic rings. The van der Waals surface area contributed by atoms with E-state index in [1.807, 2.05) is 11.0 Å². The fraction of sp³-hybridized carbons (Fsp3) is 0.605. The van der Waals surface area contributed by atoms with Gasteiger partial charge in [-0.3, -0.25) is 19.1 Å². The summed E-state index contributed by atoms with van der Waals surface area (Å²) in [5.41, 5.74) is -1.88. The molecule has 2 unspecified atom stereocenters. The molecule has 3 N–H and O–H groups in total. The molecule has 2 aliphatic heterocycles. The number of benzene rings is 1. The SMILES string of the molecule is CN1CCCC=CC2C[C@@]2(C(=O)NS(=O)(=O)C2CC2)NC(=O)[C@@H]2CC(Oc3nc(OC(F)(F)F)cc4cc(N(C)C)ccc34)CN2C(=O)[C@@H](NC(=O)OC(C)(C)C)C1. The van der Waals surface area contributed by atoms with E-state index in [0.717, 1.165) is 6.07 Å². The quantitative estimate of drug-likeness (QED) is 0.330. The van der Waals surface area contributed by atoms with Crippen molar-refractivity contribution in [2.24, 2.45) is 5.92 Å². The zero-order chi connectivity index (χ0) is 42.4. The lowest BCUT2D eigenvalue weighted by Gasteiger charge is -2.32. The molecule has 318 valence electrons. The molecule has 5 atom stereocenters. The van der Waals surface area contributed by atoms with Crippen molar-refractivity contribution in [3.05, 3.63) is 36.4 Å². The predicted molar refractivity (Wildman–Crippen MR) is 205 cm³/mol. The number of pyridine rings is 1. The topological polar surface area (TPSA) is 189 Å². The number of hydrogen-bond donors (Lipinski definition) is 3. The predicted octanol–water partition coefficient (Wildman–Crippen LogP) is 3.21. The zero-order valence-corrected chi connectivity index (χ0v) is 34.0. The van der Waals surface area contributed by atoms with Crippen LogP contribution in [0.25, 0.3) is 10.8 Å². The zero-order valence-electron chi connectivity index (χ0n) is 33.2. The first-order valence-corrected chi connectivity index (χ1v) is 20.7. The van der Waals surface area contributed by atoms with Crippen LogP contribution in [0.15, 0.2) is 36.4 Å². The molecule has 20 heteroatoms. The van der Waals surface area contributed by atoms with Crippen LogP contribution in [0.2, 0.25) is 0 Å². The highest BCUT2D eigenvalue weighted by atomic mass is 32.2. The molecule has 1 aromatic carbocycles. The van der Waals surface area contributed by atoms with Crippen LogP contribution in [0.5, 0.6) is 11.8 Å². The first-order chi connectivity index (χ1) is 27.0. The molecule has 0 spiro atoms. The van der Waals surface area contributed by atoms with Gasteiger partial charge in [0.05, 0.1) is 11.8 Å². The van der Waals surface area contributed by atoms with Gasteiger partial charge < -0.3 is 39.5 Å². The minimum Gasteiger partial charge on any atom is -0.472 e. The van der Waals surface area contributed by atoms with Crippen LogP contribution in [0.1, 0.15) is 59.3 Å². The van der Waals surface area contributed by atoms with E-state index < -0.39 is 86.6 Å². The van der Waals surface area contributed by atoms with Crippen LogP contribution in [-0.4, -0.2) is 129 Å². The number of amides is 4. The molecule has 0 bridgehead atoms. The van der Waals surface area contributed by atoms with E-state index in [1.165, 1.54) is 4.90 Å². The van der Waals surface area contributed by atoms with Gasteiger partial charge in [-0.1, -0.05) is 12.2 Å². The Kier molecular flexibility index (Phi) is 11.8. The number of allylic oxidation sites excluding steroid dienone is 1. The smallest absolute Gasteiger partial charge is 0.472 e. The number of sulfonamides is 1. The van der Waals surface area contributed by atoms with Crippen LogP contribution in [0.3, 0.4) is 0 Å². The van der Waals surface area contributed by atoms with Gasteiger partial charge in [0, 0.05) is 50.1 Å². The minimum atomic E-state index is -5.07. The summed E-state index contributed by atoms with van der Waals surface area (Å²) in [6.07, 6.45) is -1.46. The number of alkyl carbamates (subject to hydrolysis) is 1. The van der Waals surface area contributed by atoms with Gasteiger partial charge in [0.15, 0.2) is 0 Å². The fourth-order valence-corrected chi connectivity index (χ4v) is 8.57. The van der Waals surface area contributed by atoms with Crippen molar-refractivity contribution in [3.63, 3.8) is 0 Å². The number of halogens is 3. The molecule has 1 aromatic heterocycles. The van der Waals surface area contributed by atoms with Crippen LogP contribution in [-0.2, 0) is 29.1 Å². The molecule has 16 nitrogen and oxygen atoms in total. The van der Waals surface area contributed by atoms with Gasteiger partial charge in [-0.15, -0.1) is 13.2 Å². The van der Waals surface area contributed by atoms with Gasteiger partial charge in [0.25, 0.3) is 5.91 Å². The minimum absolute atomic E-state index is 0.0172. The maximum absolute atomic E-state index is 14.6. The van der Waals surface area contributed by atoms with Crippen molar-refractivity contribution in [1.82, 2.24) is 30.1 Å². The van der Waals surface area contributed by atoms with Crippen molar-refractivity contribution < 1.29 is 55.0 Å². The highest BCUT2D eigenvalue weighted by molar-refractivity contribution is 7.91. The Morgan fingerprint density at radius 1 is 1.09 bits per heavy atom. The number of aromatic nitrogens is 1. The third-order valence-electron chi connectivity index (χ3n) is 10.3. The fourth-order valence-electron chi connectivity index (χ4n) is 7.21. The molecule has 58 heavy (non-hydrogen) atoms. The molecule has 4 aliphatic rings. The van der Waals surface area contributed by atoms with Gasteiger partial charge in [-0.25, -0.2) is 13.2 Å². The third-order valence-corrected chi connectivity index (χ3v) is 12.2. The van der Waals surface area contributed by atoms with Crippen LogP contribution in [0.4, 0.5) is 23.7 Å². The van der Waals surface area contributed by atoms with E-state index in [9.17, 15) is 40.8 Å².